The second-order valence-corrected chi connectivity index (χ2v) is 5.61. The van der Waals surface area contributed by atoms with Gasteiger partial charge in [-0.15, -0.1) is 0 Å². The summed E-state index contributed by atoms with van der Waals surface area (Å²) >= 11 is 0. The van der Waals surface area contributed by atoms with E-state index in [-0.39, 0.29) is 11.9 Å². The minimum Gasteiger partial charge on any atom is -0.378 e. The maximum Gasteiger partial charge on any atom is 0.123 e. The molecule has 0 bridgehead atoms. The number of rotatable bonds is 1. The summed E-state index contributed by atoms with van der Waals surface area (Å²) in [5, 5.41) is 3.64. The van der Waals surface area contributed by atoms with Crippen LogP contribution in [0.15, 0.2) is 60.7 Å². The fraction of sp³-hybridized carbons (Fsp3) is 0.222. The van der Waals surface area contributed by atoms with Crippen molar-refractivity contribution in [1.82, 2.24) is 0 Å². The highest BCUT2D eigenvalue weighted by atomic mass is 19.1. The van der Waals surface area contributed by atoms with Crippen LogP contribution in [-0.4, -0.2) is 0 Å². The quantitative estimate of drug-likeness (QED) is 0.740. The van der Waals surface area contributed by atoms with Gasteiger partial charge in [-0.25, -0.2) is 4.39 Å². The van der Waals surface area contributed by atoms with Crippen molar-refractivity contribution in [3.63, 3.8) is 0 Å². The smallest absolute Gasteiger partial charge is 0.123 e. The lowest BCUT2D eigenvalue weighted by atomic mass is 9.77. The van der Waals surface area contributed by atoms with Gasteiger partial charge in [0.05, 0.1) is 6.04 Å². The molecule has 3 atom stereocenters. The van der Waals surface area contributed by atoms with Crippen LogP contribution in [-0.2, 0) is 0 Å². The molecule has 1 heterocycles. The first-order valence-electron chi connectivity index (χ1n) is 7.10. The molecule has 0 aromatic heterocycles. The lowest BCUT2D eigenvalue weighted by Crippen LogP contribution is -2.28. The Bertz CT molecular complexity index is 659. The average Bonchev–Trinajstić information content (AvgIpc) is 2.97. The molecule has 20 heavy (non-hydrogen) atoms. The van der Waals surface area contributed by atoms with Crippen LogP contribution in [0, 0.1) is 11.7 Å². The zero-order chi connectivity index (χ0) is 13.5. The number of fused-ring (bicyclic) bond motifs is 3. The van der Waals surface area contributed by atoms with E-state index in [2.05, 4.69) is 41.7 Å². The normalized spacial score (nSPS) is 26.8. The van der Waals surface area contributed by atoms with Gasteiger partial charge in [0.1, 0.15) is 5.82 Å². The highest BCUT2D eigenvalue weighted by molar-refractivity contribution is 5.59. The van der Waals surface area contributed by atoms with Gasteiger partial charge in [0.2, 0.25) is 0 Å². The van der Waals surface area contributed by atoms with Crippen molar-refractivity contribution in [2.45, 2.75) is 18.4 Å². The zero-order valence-electron chi connectivity index (χ0n) is 11.1. The molecule has 0 amide bonds. The van der Waals surface area contributed by atoms with Crippen LogP contribution in [0.1, 0.15) is 29.5 Å². The molecule has 0 saturated heterocycles. The van der Waals surface area contributed by atoms with Crippen molar-refractivity contribution in [2.24, 2.45) is 5.92 Å². The van der Waals surface area contributed by atoms with E-state index in [0.29, 0.717) is 11.8 Å². The van der Waals surface area contributed by atoms with Crippen LogP contribution in [0.3, 0.4) is 0 Å². The summed E-state index contributed by atoms with van der Waals surface area (Å²) in [4.78, 5) is 0. The SMILES string of the molecule is Fc1ccc([C@H]2Nc3ccccc3[C@@H]3C=CC[C@@H]23)cc1. The molecule has 2 aliphatic rings. The van der Waals surface area contributed by atoms with Crippen LogP contribution >= 0.6 is 0 Å². The predicted molar refractivity (Wildman–Crippen MR) is 79.2 cm³/mol. The van der Waals surface area contributed by atoms with Crippen molar-refractivity contribution in [1.29, 1.82) is 0 Å². The van der Waals surface area contributed by atoms with Gasteiger partial charge in [-0.05, 0) is 41.7 Å². The van der Waals surface area contributed by atoms with Gasteiger partial charge in [0.25, 0.3) is 0 Å². The fourth-order valence-corrected chi connectivity index (χ4v) is 3.54. The summed E-state index contributed by atoms with van der Waals surface area (Å²) in [6.07, 6.45) is 5.67. The van der Waals surface area contributed by atoms with Crippen molar-refractivity contribution < 1.29 is 4.39 Å². The predicted octanol–water partition coefficient (Wildman–Crippen LogP) is 4.65. The number of allylic oxidation sites excluding steroid dienone is 2. The van der Waals surface area contributed by atoms with Crippen LogP contribution < -0.4 is 5.32 Å². The number of hydrogen-bond acceptors (Lipinski definition) is 1. The molecule has 2 heteroatoms. The number of para-hydroxylation sites is 1. The summed E-state index contributed by atoms with van der Waals surface area (Å²) in [7, 11) is 0. The van der Waals surface area contributed by atoms with Crippen LogP contribution in [0.25, 0.3) is 0 Å². The molecule has 0 unspecified atom stereocenters. The molecular weight excluding hydrogens is 249 g/mol. The van der Waals surface area contributed by atoms with Crippen LogP contribution in [0.2, 0.25) is 0 Å². The first-order chi connectivity index (χ1) is 9.83. The fourth-order valence-electron chi connectivity index (χ4n) is 3.54. The Balaban J connectivity index is 1.77. The highest BCUT2D eigenvalue weighted by Crippen LogP contribution is 2.49. The third-order valence-corrected chi connectivity index (χ3v) is 4.50. The van der Waals surface area contributed by atoms with Crippen molar-refractivity contribution in [3.05, 3.63) is 77.6 Å². The molecule has 0 fully saturated rings. The molecule has 0 saturated carbocycles. The summed E-state index contributed by atoms with van der Waals surface area (Å²) in [6, 6.07) is 15.7. The van der Waals surface area contributed by atoms with Crippen LogP contribution in [0.5, 0.6) is 0 Å². The third kappa shape index (κ3) is 1.75. The Kier molecular flexibility index (Phi) is 2.62. The van der Waals surface area contributed by atoms with E-state index >= 15 is 0 Å². The van der Waals surface area contributed by atoms with Gasteiger partial charge >= 0.3 is 0 Å². The Morgan fingerprint density at radius 2 is 1.80 bits per heavy atom. The van der Waals surface area contributed by atoms with Gasteiger partial charge < -0.3 is 5.32 Å². The van der Waals surface area contributed by atoms with E-state index in [4.69, 9.17) is 0 Å². The van der Waals surface area contributed by atoms with Gasteiger partial charge in [-0.1, -0.05) is 42.5 Å². The molecule has 0 spiro atoms. The van der Waals surface area contributed by atoms with Gasteiger partial charge in [0, 0.05) is 11.6 Å². The number of halogens is 1. The second-order valence-electron chi connectivity index (χ2n) is 5.61. The molecule has 1 nitrogen and oxygen atoms in total. The molecule has 1 aliphatic heterocycles. The molecule has 0 radical (unpaired) electrons. The summed E-state index contributed by atoms with van der Waals surface area (Å²) in [5.41, 5.74) is 3.75. The van der Waals surface area contributed by atoms with Crippen molar-refractivity contribution in [3.8, 4) is 0 Å². The highest BCUT2D eigenvalue weighted by Gasteiger charge is 2.37. The molecule has 1 N–H and O–H groups in total. The Hall–Kier alpha value is -2.09. The van der Waals surface area contributed by atoms with Crippen molar-refractivity contribution >= 4 is 5.69 Å². The topological polar surface area (TPSA) is 12.0 Å². The zero-order valence-corrected chi connectivity index (χ0v) is 11.1. The minimum absolute atomic E-state index is 0.175. The van der Waals surface area contributed by atoms with Gasteiger partial charge in [0.15, 0.2) is 0 Å². The van der Waals surface area contributed by atoms with E-state index < -0.39 is 0 Å². The Morgan fingerprint density at radius 3 is 2.65 bits per heavy atom. The summed E-state index contributed by atoms with van der Waals surface area (Å²) in [5.74, 6) is 0.823. The molecule has 1 aliphatic carbocycles. The van der Waals surface area contributed by atoms with E-state index in [9.17, 15) is 4.39 Å². The maximum atomic E-state index is 13.1. The first-order valence-corrected chi connectivity index (χ1v) is 7.10. The first kappa shape index (κ1) is 11.7. The molecular formula is C18H16FN. The second kappa shape index (κ2) is 4.48. The Morgan fingerprint density at radius 1 is 1.00 bits per heavy atom. The maximum absolute atomic E-state index is 13.1. The van der Waals surface area contributed by atoms with Crippen LogP contribution in [0.4, 0.5) is 10.1 Å². The molecule has 2 aromatic rings. The summed E-state index contributed by atoms with van der Waals surface area (Å²) < 4.78 is 13.1. The van der Waals surface area contributed by atoms with E-state index in [1.807, 2.05) is 12.1 Å². The standard InChI is InChI=1S/C18H16FN/c19-13-10-8-12(9-11-13)18-16-6-3-5-14(16)15-4-1-2-7-17(15)20-18/h1-5,7-11,14,16,18,20H,6H2/t14-,16+,18+/m0/s1. The Labute approximate surface area is 118 Å². The third-order valence-electron chi connectivity index (χ3n) is 4.50. The molecule has 4 rings (SSSR count). The van der Waals surface area contributed by atoms with Gasteiger partial charge in [-0.3, -0.25) is 0 Å². The number of benzene rings is 2. The van der Waals surface area contributed by atoms with Crippen molar-refractivity contribution in [2.75, 3.05) is 5.32 Å². The van der Waals surface area contributed by atoms with E-state index in [0.717, 1.165) is 6.42 Å². The van der Waals surface area contributed by atoms with E-state index in [1.165, 1.54) is 16.8 Å². The largest absolute Gasteiger partial charge is 0.378 e. The number of anilines is 1. The average molecular weight is 265 g/mol. The molecule has 100 valence electrons. The van der Waals surface area contributed by atoms with Gasteiger partial charge in [-0.2, -0.15) is 0 Å². The number of hydrogen-bond donors (Lipinski definition) is 1. The lowest BCUT2D eigenvalue weighted by Gasteiger charge is -2.37. The number of nitrogens with one attached hydrogen (secondary N) is 1. The monoisotopic (exact) mass is 265 g/mol. The minimum atomic E-state index is -0.175. The summed E-state index contributed by atoms with van der Waals surface area (Å²) in [6.45, 7) is 0. The lowest BCUT2D eigenvalue weighted by molar-refractivity contribution is 0.425. The van der Waals surface area contributed by atoms with E-state index in [1.54, 1.807) is 12.1 Å². The molecule has 2 aromatic carbocycles.